The highest BCUT2D eigenvalue weighted by Crippen LogP contribution is 2.33. The van der Waals surface area contributed by atoms with Crippen molar-refractivity contribution in [2.24, 2.45) is 7.05 Å². The number of fused-ring (bicyclic) bond motifs is 1. The molecule has 0 amide bonds. The number of carbonyl (C=O) groups excluding carboxylic acids is 1. The minimum Gasteiger partial charge on any atom is -0.297 e. The number of hydrogen-bond acceptors (Lipinski definition) is 4. The van der Waals surface area contributed by atoms with E-state index in [2.05, 4.69) is 10.1 Å². The maximum atomic E-state index is 14.2. The summed E-state index contributed by atoms with van der Waals surface area (Å²) < 4.78 is 17.9. The second kappa shape index (κ2) is 6.57. The Morgan fingerprint density at radius 1 is 1.25 bits per heavy atom. The molecule has 1 aliphatic carbocycles. The van der Waals surface area contributed by atoms with Crippen molar-refractivity contribution in [2.75, 3.05) is 0 Å². The van der Waals surface area contributed by atoms with E-state index in [0.29, 0.717) is 41.9 Å². The quantitative estimate of drug-likeness (QED) is 0.646. The lowest BCUT2D eigenvalue weighted by Gasteiger charge is -2.15. The Morgan fingerprint density at radius 3 is 2.71 bits per heavy atom. The van der Waals surface area contributed by atoms with Gasteiger partial charge in [0.2, 0.25) is 0 Å². The fraction of sp³-hybridized carbons (Fsp3) is 0.238. The first-order valence-corrected chi connectivity index (χ1v) is 8.92. The molecule has 0 N–H and O–H groups in total. The Labute approximate surface area is 161 Å². The van der Waals surface area contributed by atoms with Gasteiger partial charge in [0.15, 0.2) is 6.29 Å². The molecule has 2 aromatic heterocycles. The molecule has 0 bridgehead atoms. The first kappa shape index (κ1) is 17.9. The predicted octanol–water partition coefficient (Wildman–Crippen LogP) is 4.11. The summed E-state index contributed by atoms with van der Waals surface area (Å²) >= 11 is 0. The lowest BCUT2D eigenvalue weighted by molar-refractivity contribution is 0.111. The van der Waals surface area contributed by atoms with E-state index < -0.39 is 5.83 Å². The SMILES string of the molecule is Cc1c2cc(-n3c(C4=CC(F)=C(C#N)CC4)nc(C=O)c3C)ccc2nn1C. The molecule has 1 aliphatic rings. The van der Waals surface area contributed by atoms with Gasteiger partial charge in [-0.05, 0) is 56.5 Å². The zero-order valence-electron chi connectivity index (χ0n) is 15.8. The predicted molar refractivity (Wildman–Crippen MR) is 104 cm³/mol. The highest BCUT2D eigenvalue weighted by atomic mass is 19.1. The number of aldehydes is 1. The largest absolute Gasteiger partial charge is 0.297 e. The molecule has 0 saturated carbocycles. The Bertz CT molecular complexity index is 1240. The van der Waals surface area contributed by atoms with Gasteiger partial charge < -0.3 is 0 Å². The number of allylic oxidation sites excluding steroid dienone is 4. The van der Waals surface area contributed by atoms with Gasteiger partial charge in [-0.15, -0.1) is 0 Å². The maximum Gasteiger partial charge on any atom is 0.170 e. The molecule has 4 rings (SSSR count). The van der Waals surface area contributed by atoms with Crippen LogP contribution >= 0.6 is 0 Å². The molecular weight excluding hydrogens is 357 g/mol. The molecular formula is C21H18FN5O. The number of aromatic nitrogens is 4. The number of carbonyl (C=O) groups is 1. The first-order chi connectivity index (χ1) is 13.4. The summed E-state index contributed by atoms with van der Waals surface area (Å²) in [5, 5.41) is 14.5. The average Bonchev–Trinajstić information content (AvgIpc) is 3.17. The van der Waals surface area contributed by atoms with Crippen LogP contribution in [0.25, 0.3) is 22.2 Å². The fourth-order valence-electron chi connectivity index (χ4n) is 3.59. The summed E-state index contributed by atoms with van der Waals surface area (Å²) in [6.07, 6.45) is 2.86. The van der Waals surface area contributed by atoms with Crippen LogP contribution in [0.2, 0.25) is 0 Å². The highest BCUT2D eigenvalue weighted by molar-refractivity contribution is 5.84. The molecule has 7 heteroatoms. The van der Waals surface area contributed by atoms with Crippen LogP contribution in [-0.2, 0) is 7.05 Å². The fourth-order valence-corrected chi connectivity index (χ4v) is 3.59. The van der Waals surface area contributed by atoms with Crippen LogP contribution in [0.4, 0.5) is 4.39 Å². The van der Waals surface area contributed by atoms with Gasteiger partial charge in [0, 0.05) is 23.8 Å². The summed E-state index contributed by atoms with van der Waals surface area (Å²) in [4.78, 5) is 16.0. The van der Waals surface area contributed by atoms with Gasteiger partial charge in [-0.2, -0.15) is 10.4 Å². The lowest BCUT2D eigenvalue weighted by Crippen LogP contribution is -2.05. The van der Waals surface area contributed by atoms with E-state index >= 15 is 0 Å². The number of nitriles is 1. The van der Waals surface area contributed by atoms with Crippen molar-refractivity contribution in [1.82, 2.24) is 19.3 Å². The van der Waals surface area contributed by atoms with Crippen LogP contribution in [0.15, 0.2) is 35.7 Å². The summed E-state index contributed by atoms with van der Waals surface area (Å²) in [6, 6.07) is 7.73. The molecule has 2 heterocycles. The number of rotatable bonds is 3. The van der Waals surface area contributed by atoms with Crippen LogP contribution in [0.1, 0.15) is 40.5 Å². The number of aryl methyl sites for hydroxylation is 2. The van der Waals surface area contributed by atoms with Gasteiger partial charge in [-0.1, -0.05) is 0 Å². The average molecular weight is 375 g/mol. The van der Waals surface area contributed by atoms with Crippen LogP contribution in [0, 0.1) is 25.2 Å². The van der Waals surface area contributed by atoms with Crippen molar-refractivity contribution in [3.05, 3.63) is 58.6 Å². The summed E-state index contributed by atoms with van der Waals surface area (Å²) in [7, 11) is 1.89. The molecule has 1 aromatic carbocycles. The van der Waals surface area contributed by atoms with Crippen molar-refractivity contribution >= 4 is 22.8 Å². The van der Waals surface area contributed by atoms with E-state index in [4.69, 9.17) is 5.26 Å². The molecule has 0 atom stereocenters. The normalized spacial score (nSPS) is 14.3. The van der Waals surface area contributed by atoms with Crippen molar-refractivity contribution in [3.63, 3.8) is 0 Å². The van der Waals surface area contributed by atoms with E-state index in [1.54, 1.807) is 0 Å². The van der Waals surface area contributed by atoms with Gasteiger partial charge in [-0.3, -0.25) is 14.0 Å². The Balaban J connectivity index is 1.94. The number of halogens is 1. The molecule has 28 heavy (non-hydrogen) atoms. The monoisotopic (exact) mass is 375 g/mol. The van der Waals surface area contributed by atoms with E-state index in [1.807, 2.05) is 54.4 Å². The van der Waals surface area contributed by atoms with Gasteiger partial charge in [0.1, 0.15) is 17.3 Å². The van der Waals surface area contributed by atoms with Crippen molar-refractivity contribution in [3.8, 4) is 11.8 Å². The smallest absolute Gasteiger partial charge is 0.170 e. The van der Waals surface area contributed by atoms with Gasteiger partial charge >= 0.3 is 0 Å². The third kappa shape index (κ3) is 2.65. The maximum absolute atomic E-state index is 14.2. The molecule has 0 fully saturated rings. The van der Waals surface area contributed by atoms with Crippen LogP contribution < -0.4 is 0 Å². The van der Waals surface area contributed by atoms with E-state index in [9.17, 15) is 9.18 Å². The lowest BCUT2D eigenvalue weighted by atomic mass is 9.97. The van der Waals surface area contributed by atoms with Gasteiger partial charge in [0.25, 0.3) is 0 Å². The molecule has 0 unspecified atom stereocenters. The van der Waals surface area contributed by atoms with E-state index in [-0.39, 0.29) is 5.57 Å². The van der Waals surface area contributed by atoms with Crippen molar-refractivity contribution in [2.45, 2.75) is 26.7 Å². The number of nitrogens with zero attached hydrogens (tertiary/aromatic N) is 5. The minimum absolute atomic E-state index is 0.140. The summed E-state index contributed by atoms with van der Waals surface area (Å²) in [5.74, 6) is -0.0187. The minimum atomic E-state index is -0.540. The third-order valence-electron chi connectivity index (χ3n) is 5.28. The van der Waals surface area contributed by atoms with Crippen LogP contribution in [0.5, 0.6) is 0 Å². The Kier molecular flexibility index (Phi) is 4.19. The van der Waals surface area contributed by atoms with Crippen molar-refractivity contribution < 1.29 is 9.18 Å². The van der Waals surface area contributed by atoms with Crippen LogP contribution in [-0.4, -0.2) is 25.6 Å². The van der Waals surface area contributed by atoms with Crippen LogP contribution in [0.3, 0.4) is 0 Å². The zero-order valence-corrected chi connectivity index (χ0v) is 15.8. The summed E-state index contributed by atoms with van der Waals surface area (Å²) in [5.41, 5.74) is 4.53. The topological polar surface area (TPSA) is 76.5 Å². The second-order valence-corrected chi connectivity index (χ2v) is 6.88. The molecule has 0 saturated heterocycles. The highest BCUT2D eigenvalue weighted by Gasteiger charge is 2.22. The standard InChI is InChI=1S/C21H18FN5O/c1-12-17-9-16(6-7-19(17)25-26(12)3)27-13(2)20(11-28)24-21(27)14-4-5-15(10-23)18(22)8-14/h6-9,11H,4-5H2,1-3H3. The zero-order chi connectivity index (χ0) is 20.0. The number of benzene rings is 1. The molecule has 3 aromatic rings. The Morgan fingerprint density at radius 2 is 2.04 bits per heavy atom. The number of hydrogen-bond donors (Lipinski definition) is 0. The molecule has 0 radical (unpaired) electrons. The third-order valence-corrected chi connectivity index (χ3v) is 5.28. The molecule has 0 aliphatic heterocycles. The van der Waals surface area contributed by atoms with E-state index in [0.717, 1.165) is 22.3 Å². The molecule has 0 spiro atoms. The van der Waals surface area contributed by atoms with Gasteiger partial charge in [0.05, 0.1) is 22.9 Å². The summed E-state index contributed by atoms with van der Waals surface area (Å²) in [6.45, 7) is 3.81. The first-order valence-electron chi connectivity index (χ1n) is 8.92. The van der Waals surface area contributed by atoms with E-state index in [1.165, 1.54) is 6.08 Å². The molecule has 6 nitrogen and oxygen atoms in total. The second-order valence-electron chi connectivity index (χ2n) is 6.88. The molecule has 140 valence electrons. The number of imidazole rings is 1. The van der Waals surface area contributed by atoms with Gasteiger partial charge in [-0.25, -0.2) is 9.37 Å². The Hall–Kier alpha value is -3.53. The van der Waals surface area contributed by atoms with Crippen molar-refractivity contribution in [1.29, 1.82) is 5.26 Å².